The summed E-state index contributed by atoms with van der Waals surface area (Å²) < 4.78 is 18.5. The maximum absolute atomic E-state index is 13.0. The van der Waals surface area contributed by atoms with E-state index in [4.69, 9.17) is 4.74 Å². The van der Waals surface area contributed by atoms with E-state index in [0.717, 1.165) is 5.56 Å². The van der Waals surface area contributed by atoms with Crippen molar-refractivity contribution >= 4 is 29.3 Å². The standard InChI is InChI=1S/C25H20FN3O3/c1-17-3-2-4-22(13-17)28-24(30)16-32-23-11-5-18(6-12-23)14-19(15-27)25(31)29-21-9-7-20(26)8-10-21/h2-14H,16H2,1H3,(H,28,30)(H,29,31)/b19-14+. The summed E-state index contributed by atoms with van der Waals surface area (Å²) in [5.74, 6) is -0.846. The molecule has 0 radical (unpaired) electrons. The number of nitrogens with one attached hydrogen (secondary N) is 2. The molecule has 6 nitrogen and oxygen atoms in total. The third-order valence-corrected chi connectivity index (χ3v) is 4.33. The maximum atomic E-state index is 13.0. The van der Waals surface area contributed by atoms with Crippen LogP contribution in [0.5, 0.6) is 5.75 Å². The van der Waals surface area contributed by atoms with Crippen LogP contribution < -0.4 is 15.4 Å². The number of nitrogens with zero attached hydrogens (tertiary/aromatic N) is 1. The Bertz CT molecular complexity index is 1180. The van der Waals surface area contributed by atoms with Crippen LogP contribution in [0.15, 0.2) is 78.4 Å². The van der Waals surface area contributed by atoms with Crippen LogP contribution >= 0.6 is 0 Å². The average Bonchev–Trinajstić information content (AvgIpc) is 2.78. The minimum atomic E-state index is -0.604. The molecule has 3 aromatic rings. The first-order valence-electron chi connectivity index (χ1n) is 9.71. The van der Waals surface area contributed by atoms with E-state index in [0.29, 0.717) is 22.7 Å². The zero-order valence-electron chi connectivity index (χ0n) is 17.3. The van der Waals surface area contributed by atoms with Gasteiger partial charge in [-0.15, -0.1) is 0 Å². The number of anilines is 2. The molecule has 0 atom stereocenters. The predicted molar refractivity (Wildman–Crippen MR) is 120 cm³/mol. The van der Waals surface area contributed by atoms with Crippen LogP contribution in [-0.2, 0) is 9.59 Å². The number of carbonyl (C=O) groups is 2. The smallest absolute Gasteiger partial charge is 0.266 e. The minimum absolute atomic E-state index is 0.111. The molecule has 0 saturated heterocycles. The third-order valence-electron chi connectivity index (χ3n) is 4.33. The van der Waals surface area contributed by atoms with Gasteiger partial charge < -0.3 is 15.4 Å². The highest BCUT2D eigenvalue weighted by Crippen LogP contribution is 2.16. The van der Waals surface area contributed by atoms with Gasteiger partial charge in [0.2, 0.25) is 0 Å². The number of hydrogen-bond acceptors (Lipinski definition) is 4. The first-order chi connectivity index (χ1) is 15.4. The Balaban J connectivity index is 1.57. The largest absolute Gasteiger partial charge is 0.484 e. The first-order valence-corrected chi connectivity index (χ1v) is 9.71. The molecular formula is C25H20FN3O3. The van der Waals surface area contributed by atoms with Crippen LogP contribution in [0.1, 0.15) is 11.1 Å². The molecule has 0 saturated carbocycles. The van der Waals surface area contributed by atoms with Gasteiger partial charge in [0.1, 0.15) is 23.2 Å². The molecule has 0 fully saturated rings. The number of rotatable bonds is 7. The van der Waals surface area contributed by atoms with Gasteiger partial charge in [-0.1, -0.05) is 24.3 Å². The normalized spacial score (nSPS) is 10.7. The second-order valence-corrected chi connectivity index (χ2v) is 6.91. The molecule has 160 valence electrons. The summed E-state index contributed by atoms with van der Waals surface area (Å²) in [5, 5.41) is 14.6. The molecule has 32 heavy (non-hydrogen) atoms. The molecule has 0 aliphatic rings. The Morgan fingerprint density at radius 2 is 1.72 bits per heavy atom. The monoisotopic (exact) mass is 429 g/mol. The van der Waals surface area contributed by atoms with E-state index in [9.17, 15) is 19.2 Å². The molecule has 2 N–H and O–H groups in total. The van der Waals surface area contributed by atoms with Gasteiger partial charge in [0.15, 0.2) is 6.61 Å². The first kappa shape index (κ1) is 22.2. The maximum Gasteiger partial charge on any atom is 0.266 e. The van der Waals surface area contributed by atoms with Crippen molar-refractivity contribution in [2.45, 2.75) is 6.92 Å². The molecule has 3 aromatic carbocycles. The topological polar surface area (TPSA) is 91.2 Å². The Morgan fingerprint density at radius 1 is 1.00 bits per heavy atom. The Morgan fingerprint density at radius 3 is 2.38 bits per heavy atom. The van der Waals surface area contributed by atoms with Crippen molar-refractivity contribution in [2.75, 3.05) is 17.2 Å². The van der Waals surface area contributed by atoms with Crippen molar-refractivity contribution in [1.29, 1.82) is 5.26 Å². The lowest BCUT2D eigenvalue weighted by Crippen LogP contribution is -2.20. The fourth-order valence-corrected chi connectivity index (χ4v) is 2.78. The van der Waals surface area contributed by atoms with Crippen LogP contribution in [0.4, 0.5) is 15.8 Å². The lowest BCUT2D eigenvalue weighted by atomic mass is 10.1. The summed E-state index contributed by atoms with van der Waals surface area (Å²) in [7, 11) is 0. The lowest BCUT2D eigenvalue weighted by Gasteiger charge is -2.08. The SMILES string of the molecule is Cc1cccc(NC(=O)COc2ccc(/C=C(\C#N)C(=O)Nc3ccc(F)cc3)cc2)c1. The van der Waals surface area contributed by atoms with Crippen LogP contribution in [0.25, 0.3) is 6.08 Å². The summed E-state index contributed by atoms with van der Waals surface area (Å²) in [6, 6.07) is 21.1. The molecule has 0 spiro atoms. The Kier molecular flexibility index (Phi) is 7.33. The average molecular weight is 429 g/mol. The summed E-state index contributed by atoms with van der Waals surface area (Å²) >= 11 is 0. The Labute approximate surface area is 185 Å². The van der Waals surface area contributed by atoms with Gasteiger partial charge in [0.25, 0.3) is 11.8 Å². The van der Waals surface area contributed by atoms with Crippen molar-refractivity contribution in [3.8, 4) is 11.8 Å². The number of benzene rings is 3. The van der Waals surface area contributed by atoms with E-state index in [-0.39, 0.29) is 18.1 Å². The fraction of sp³-hybridized carbons (Fsp3) is 0.0800. The summed E-state index contributed by atoms with van der Waals surface area (Å²) in [6.45, 7) is 1.78. The van der Waals surface area contributed by atoms with Gasteiger partial charge in [-0.05, 0) is 72.7 Å². The number of ether oxygens (including phenoxy) is 1. The lowest BCUT2D eigenvalue weighted by molar-refractivity contribution is -0.118. The fourth-order valence-electron chi connectivity index (χ4n) is 2.78. The zero-order chi connectivity index (χ0) is 22.9. The van der Waals surface area contributed by atoms with Crippen molar-refractivity contribution in [3.05, 3.63) is 95.3 Å². The summed E-state index contributed by atoms with van der Waals surface area (Å²) in [4.78, 5) is 24.3. The summed E-state index contributed by atoms with van der Waals surface area (Å²) in [5.41, 5.74) is 2.61. The number of hydrogen-bond donors (Lipinski definition) is 2. The van der Waals surface area contributed by atoms with E-state index >= 15 is 0 Å². The van der Waals surface area contributed by atoms with E-state index in [1.54, 1.807) is 30.3 Å². The number of carbonyl (C=O) groups excluding carboxylic acids is 2. The van der Waals surface area contributed by atoms with Crippen molar-refractivity contribution in [1.82, 2.24) is 0 Å². The highest BCUT2D eigenvalue weighted by Gasteiger charge is 2.10. The molecule has 0 aliphatic heterocycles. The zero-order valence-corrected chi connectivity index (χ0v) is 17.3. The van der Waals surface area contributed by atoms with E-state index < -0.39 is 11.7 Å². The highest BCUT2D eigenvalue weighted by atomic mass is 19.1. The van der Waals surface area contributed by atoms with Gasteiger partial charge in [-0.2, -0.15) is 5.26 Å². The van der Waals surface area contributed by atoms with Gasteiger partial charge in [-0.3, -0.25) is 9.59 Å². The second-order valence-electron chi connectivity index (χ2n) is 6.91. The van der Waals surface area contributed by atoms with Crippen molar-refractivity contribution in [3.63, 3.8) is 0 Å². The van der Waals surface area contributed by atoms with E-state index in [2.05, 4.69) is 10.6 Å². The molecule has 2 amide bonds. The molecule has 0 heterocycles. The number of aryl methyl sites for hydroxylation is 1. The molecule has 3 rings (SSSR count). The van der Waals surface area contributed by atoms with Crippen molar-refractivity contribution < 1.29 is 18.7 Å². The van der Waals surface area contributed by atoms with Gasteiger partial charge >= 0.3 is 0 Å². The van der Waals surface area contributed by atoms with Crippen LogP contribution in [0.2, 0.25) is 0 Å². The van der Waals surface area contributed by atoms with E-state index in [1.165, 1.54) is 30.3 Å². The predicted octanol–water partition coefficient (Wildman–Crippen LogP) is 4.70. The van der Waals surface area contributed by atoms with Crippen LogP contribution in [0, 0.1) is 24.1 Å². The van der Waals surface area contributed by atoms with E-state index in [1.807, 2.05) is 31.2 Å². The van der Waals surface area contributed by atoms with Crippen LogP contribution in [-0.4, -0.2) is 18.4 Å². The molecule has 0 aromatic heterocycles. The molecular weight excluding hydrogens is 409 g/mol. The number of halogens is 1. The molecule has 0 unspecified atom stereocenters. The van der Waals surface area contributed by atoms with Gasteiger partial charge in [-0.25, -0.2) is 4.39 Å². The minimum Gasteiger partial charge on any atom is -0.484 e. The van der Waals surface area contributed by atoms with Gasteiger partial charge in [0, 0.05) is 11.4 Å². The Hall–Kier alpha value is -4.44. The number of amides is 2. The van der Waals surface area contributed by atoms with Crippen LogP contribution in [0.3, 0.4) is 0 Å². The van der Waals surface area contributed by atoms with Gasteiger partial charge in [0.05, 0.1) is 0 Å². The second kappa shape index (κ2) is 10.5. The third kappa shape index (κ3) is 6.54. The van der Waals surface area contributed by atoms with Crippen molar-refractivity contribution in [2.24, 2.45) is 0 Å². The summed E-state index contributed by atoms with van der Waals surface area (Å²) in [6.07, 6.45) is 1.42. The highest BCUT2D eigenvalue weighted by molar-refractivity contribution is 6.09. The molecule has 7 heteroatoms. The quantitative estimate of drug-likeness (QED) is 0.421. The number of nitriles is 1. The molecule has 0 aliphatic carbocycles. The molecule has 0 bridgehead atoms.